The molecule has 0 unspecified atom stereocenters. The summed E-state index contributed by atoms with van der Waals surface area (Å²) in [5.41, 5.74) is 4.41. The standard InChI is InChI=1S/C34H31ClN4O4/c1-21(2)28-18-29(22(3)17-31(28)42-4)33-38-30-8-6-5-7-27(30)34(41)39(33)36-19-23-9-15-26(16-10-23)43-20-32(40)37-25-13-11-24(35)12-14-25/h5-19,21H,20H2,1-4H3,(H,37,40). The maximum atomic E-state index is 13.7. The molecule has 1 N–H and O–H groups in total. The Hall–Kier alpha value is -4.95. The van der Waals surface area contributed by atoms with Crippen molar-refractivity contribution in [3.8, 4) is 22.9 Å². The van der Waals surface area contributed by atoms with E-state index in [9.17, 15) is 9.59 Å². The lowest BCUT2D eigenvalue weighted by atomic mass is 9.96. The summed E-state index contributed by atoms with van der Waals surface area (Å²) >= 11 is 5.89. The highest BCUT2D eigenvalue weighted by atomic mass is 35.5. The fourth-order valence-corrected chi connectivity index (χ4v) is 4.75. The van der Waals surface area contributed by atoms with Gasteiger partial charge in [0, 0.05) is 16.3 Å². The number of benzene rings is 4. The van der Waals surface area contributed by atoms with E-state index >= 15 is 0 Å². The minimum absolute atomic E-state index is 0.156. The quantitative estimate of drug-likeness (QED) is 0.184. The van der Waals surface area contributed by atoms with Crippen molar-refractivity contribution < 1.29 is 14.3 Å². The third-order valence-electron chi connectivity index (χ3n) is 6.89. The van der Waals surface area contributed by atoms with Gasteiger partial charge in [0.05, 0.1) is 24.2 Å². The second kappa shape index (κ2) is 12.9. The predicted molar refractivity (Wildman–Crippen MR) is 172 cm³/mol. The summed E-state index contributed by atoms with van der Waals surface area (Å²) in [7, 11) is 1.65. The zero-order chi connectivity index (χ0) is 30.5. The number of para-hydroxylation sites is 1. The van der Waals surface area contributed by atoms with Crippen LogP contribution < -0.4 is 20.3 Å². The van der Waals surface area contributed by atoms with Crippen LogP contribution in [-0.2, 0) is 4.79 Å². The zero-order valence-corrected chi connectivity index (χ0v) is 25.1. The van der Waals surface area contributed by atoms with Gasteiger partial charge in [-0.05, 0) is 102 Å². The summed E-state index contributed by atoms with van der Waals surface area (Å²) in [6, 6.07) is 25.1. The first-order valence-corrected chi connectivity index (χ1v) is 14.1. The third kappa shape index (κ3) is 6.76. The Labute approximate surface area is 254 Å². The lowest BCUT2D eigenvalue weighted by Crippen LogP contribution is -2.21. The van der Waals surface area contributed by atoms with Crippen molar-refractivity contribution in [2.75, 3.05) is 19.0 Å². The SMILES string of the molecule is COc1cc(C)c(-c2nc3ccccc3c(=O)n2N=Cc2ccc(OCC(=O)Nc3ccc(Cl)cc3)cc2)cc1C(C)C. The first kappa shape index (κ1) is 29.5. The number of nitrogens with zero attached hydrogens (tertiary/aromatic N) is 3. The van der Waals surface area contributed by atoms with Gasteiger partial charge in [-0.2, -0.15) is 9.78 Å². The molecule has 4 aromatic carbocycles. The Kier molecular flexibility index (Phi) is 8.87. The maximum absolute atomic E-state index is 13.7. The largest absolute Gasteiger partial charge is 0.496 e. The molecule has 8 nitrogen and oxygen atoms in total. The average Bonchev–Trinajstić information content (AvgIpc) is 3.01. The number of ether oxygens (including phenoxy) is 2. The number of anilines is 1. The molecular formula is C34H31ClN4O4. The number of hydrogen-bond acceptors (Lipinski definition) is 6. The van der Waals surface area contributed by atoms with Crippen LogP contribution >= 0.6 is 11.6 Å². The lowest BCUT2D eigenvalue weighted by Gasteiger charge is -2.17. The van der Waals surface area contributed by atoms with Crippen LogP contribution in [0.3, 0.4) is 0 Å². The van der Waals surface area contributed by atoms with E-state index in [-0.39, 0.29) is 24.0 Å². The number of halogens is 1. The van der Waals surface area contributed by atoms with E-state index in [0.29, 0.717) is 33.2 Å². The minimum atomic E-state index is -0.293. The molecule has 0 saturated carbocycles. The summed E-state index contributed by atoms with van der Waals surface area (Å²) in [4.78, 5) is 30.8. The molecule has 0 fully saturated rings. The van der Waals surface area contributed by atoms with Crippen LogP contribution in [0, 0.1) is 6.92 Å². The highest BCUT2D eigenvalue weighted by Crippen LogP contribution is 2.34. The third-order valence-corrected chi connectivity index (χ3v) is 7.15. The van der Waals surface area contributed by atoms with Crippen molar-refractivity contribution in [1.82, 2.24) is 9.66 Å². The first-order chi connectivity index (χ1) is 20.7. The molecule has 1 aromatic heterocycles. The Balaban J connectivity index is 1.41. The fraction of sp³-hybridized carbons (Fsp3) is 0.176. The zero-order valence-electron chi connectivity index (χ0n) is 24.3. The van der Waals surface area contributed by atoms with Crippen LogP contribution in [0.5, 0.6) is 11.5 Å². The molecule has 0 aliphatic carbocycles. The molecule has 0 aliphatic heterocycles. The number of carbonyl (C=O) groups excluding carboxylic acids is 1. The van der Waals surface area contributed by atoms with Gasteiger partial charge in [-0.1, -0.05) is 37.6 Å². The Morgan fingerprint density at radius 3 is 2.47 bits per heavy atom. The van der Waals surface area contributed by atoms with Crippen molar-refractivity contribution in [2.45, 2.75) is 26.7 Å². The van der Waals surface area contributed by atoms with Crippen molar-refractivity contribution in [3.05, 3.63) is 117 Å². The molecule has 0 spiro atoms. The molecule has 0 aliphatic rings. The second-order valence-electron chi connectivity index (χ2n) is 10.3. The normalized spacial score (nSPS) is 11.3. The van der Waals surface area contributed by atoms with Crippen LogP contribution in [0.1, 0.15) is 36.5 Å². The van der Waals surface area contributed by atoms with Gasteiger partial charge in [0.2, 0.25) is 0 Å². The Morgan fingerprint density at radius 2 is 1.77 bits per heavy atom. The van der Waals surface area contributed by atoms with E-state index in [1.165, 1.54) is 4.68 Å². The van der Waals surface area contributed by atoms with Gasteiger partial charge in [-0.25, -0.2) is 4.98 Å². The van der Waals surface area contributed by atoms with E-state index in [1.54, 1.807) is 67.9 Å². The van der Waals surface area contributed by atoms with Gasteiger partial charge < -0.3 is 14.8 Å². The van der Waals surface area contributed by atoms with E-state index in [1.807, 2.05) is 37.3 Å². The molecule has 0 radical (unpaired) electrons. The molecule has 5 rings (SSSR count). The van der Waals surface area contributed by atoms with Crippen molar-refractivity contribution in [2.24, 2.45) is 5.10 Å². The average molecular weight is 595 g/mol. The number of carbonyl (C=O) groups is 1. The van der Waals surface area contributed by atoms with Crippen molar-refractivity contribution in [3.63, 3.8) is 0 Å². The highest BCUT2D eigenvalue weighted by Gasteiger charge is 2.18. The van der Waals surface area contributed by atoms with E-state index in [2.05, 4.69) is 24.3 Å². The Morgan fingerprint density at radius 1 is 1.05 bits per heavy atom. The van der Waals surface area contributed by atoms with Crippen LogP contribution in [0.2, 0.25) is 5.02 Å². The van der Waals surface area contributed by atoms with Crippen LogP contribution in [-0.4, -0.2) is 35.5 Å². The summed E-state index contributed by atoms with van der Waals surface area (Å²) < 4.78 is 12.6. The van der Waals surface area contributed by atoms with Gasteiger partial charge in [0.1, 0.15) is 11.5 Å². The molecule has 5 aromatic rings. The first-order valence-electron chi connectivity index (χ1n) is 13.8. The highest BCUT2D eigenvalue weighted by molar-refractivity contribution is 6.30. The van der Waals surface area contributed by atoms with Gasteiger partial charge in [-0.3, -0.25) is 9.59 Å². The molecule has 0 bridgehead atoms. The molecule has 1 heterocycles. The van der Waals surface area contributed by atoms with E-state index in [0.717, 1.165) is 28.0 Å². The van der Waals surface area contributed by atoms with Crippen molar-refractivity contribution >= 4 is 40.3 Å². The van der Waals surface area contributed by atoms with Crippen LogP contribution in [0.25, 0.3) is 22.3 Å². The van der Waals surface area contributed by atoms with E-state index in [4.69, 9.17) is 26.1 Å². The maximum Gasteiger partial charge on any atom is 0.282 e. The monoisotopic (exact) mass is 594 g/mol. The number of fused-ring (bicyclic) bond motifs is 1. The summed E-state index contributed by atoms with van der Waals surface area (Å²) in [6.45, 7) is 5.99. The van der Waals surface area contributed by atoms with Gasteiger partial charge >= 0.3 is 0 Å². The van der Waals surface area contributed by atoms with Gasteiger partial charge in [0.25, 0.3) is 11.5 Å². The molecule has 1 amide bonds. The number of hydrogen-bond donors (Lipinski definition) is 1. The molecule has 9 heteroatoms. The molecule has 218 valence electrons. The van der Waals surface area contributed by atoms with Crippen LogP contribution in [0.4, 0.5) is 5.69 Å². The minimum Gasteiger partial charge on any atom is -0.496 e. The number of methoxy groups -OCH3 is 1. The predicted octanol–water partition coefficient (Wildman–Crippen LogP) is 7.06. The van der Waals surface area contributed by atoms with Crippen LogP contribution in [0.15, 0.2) is 94.8 Å². The topological polar surface area (TPSA) is 94.8 Å². The van der Waals surface area contributed by atoms with E-state index < -0.39 is 0 Å². The number of aryl methyl sites for hydroxylation is 1. The summed E-state index contributed by atoms with van der Waals surface area (Å²) in [5.74, 6) is 1.65. The lowest BCUT2D eigenvalue weighted by molar-refractivity contribution is -0.118. The number of aromatic nitrogens is 2. The molecule has 0 saturated heterocycles. The molecule has 43 heavy (non-hydrogen) atoms. The smallest absolute Gasteiger partial charge is 0.282 e. The number of amides is 1. The molecular weight excluding hydrogens is 564 g/mol. The van der Waals surface area contributed by atoms with Gasteiger partial charge in [-0.15, -0.1) is 0 Å². The summed E-state index contributed by atoms with van der Waals surface area (Å²) in [6.07, 6.45) is 1.60. The molecule has 0 atom stereocenters. The van der Waals surface area contributed by atoms with Crippen molar-refractivity contribution in [1.29, 1.82) is 0 Å². The summed E-state index contributed by atoms with van der Waals surface area (Å²) in [5, 5.41) is 8.41. The second-order valence-corrected chi connectivity index (χ2v) is 10.7. The Bertz CT molecular complexity index is 1860. The number of rotatable bonds is 9. The van der Waals surface area contributed by atoms with Gasteiger partial charge in [0.15, 0.2) is 12.4 Å². The number of nitrogens with one attached hydrogen (secondary N) is 1. The fourth-order valence-electron chi connectivity index (χ4n) is 4.63.